The summed E-state index contributed by atoms with van der Waals surface area (Å²) in [5.74, 6) is -1.26. The van der Waals surface area contributed by atoms with Gasteiger partial charge in [-0.2, -0.15) is 5.10 Å². The van der Waals surface area contributed by atoms with Crippen LogP contribution in [0.3, 0.4) is 0 Å². The molecule has 12 heteroatoms. The fourth-order valence-electron chi connectivity index (χ4n) is 2.94. The average molecular weight is 533 g/mol. The number of carbonyl (C=O) groups is 2. The Morgan fingerprint density at radius 2 is 1.78 bits per heavy atom. The average Bonchev–Trinajstić information content (AvgIpc) is 2.81. The highest BCUT2D eigenvalue weighted by atomic mass is 35.5. The minimum Gasteiger partial charge on any atom is -0.484 e. The van der Waals surface area contributed by atoms with E-state index in [9.17, 15) is 22.4 Å². The van der Waals surface area contributed by atoms with Gasteiger partial charge in [0, 0.05) is 10.7 Å². The fraction of sp³-hybridized carbons (Fsp3) is 0.125. The quantitative estimate of drug-likeness (QED) is 0.306. The zero-order chi connectivity index (χ0) is 26.1. The van der Waals surface area contributed by atoms with Crippen molar-refractivity contribution in [1.82, 2.24) is 5.43 Å². The summed E-state index contributed by atoms with van der Waals surface area (Å²) in [5, 5.41) is 6.98. The van der Waals surface area contributed by atoms with E-state index in [0.29, 0.717) is 22.0 Å². The number of hydrazone groups is 1. The molecule has 0 aliphatic heterocycles. The SMILES string of the molecule is CS(=O)(=O)N(CC(=O)N/N=C\c1ccc(OCC(=O)Nc2cccc(Cl)c2)cc1)c1cccc(F)c1. The zero-order valence-corrected chi connectivity index (χ0v) is 20.6. The Balaban J connectivity index is 1.49. The molecule has 0 unspecified atom stereocenters. The van der Waals surface area contributed by atoms with E-state index in [1.807, 2.05) is 0 Å². The molecule has 3 aromatic carbocycles. The van der Waals surface area contributed by atoms with Gasteiger partial charge in [-0.1, -0.05) is 23.7 Å². The van der Waals surface area contributed by atoms with Gasteiger partial charge in [-0.15, -0.1) is 0 Å². The van der Waals surface area contributed by atoms with Crippen LogP contribution in [-0.2, 0) is 19.6 Å². The monoisotopic (exact) mass is 532 g/mol. The van der Waals surface area contributed by atoms with Gasteiger partial charge in [-0.25, -0.2) is 18.2 Å². The highest BCUT2D eigenvalue weighted by Crippen LogP contribution is 2.18. The molecule has 9 nitrogen and oxygen atoms in total. The van der Waals surface area contributed by atoms with Crippen LogP contribution in [0.25, 0.3) is 0 Å². The van der Waals surface area contributed by atoms with Gasteiger partial charge in [-0.05, 0) is 66.2 Å². The lowest BCUT2D eigenvalue weighted by Gasteiger charge is -2.21. The minimum absolute atomic E-state index is 0.0217. The molecule has 0 saturated carbocycles. The first-order chi connectivity index (χ1) is 17.1. The third-order valence-corrected chi connectivity index (χ3v) is 5.92. The number of anilines is 2. The second kappa shape index (κ2) is 12.1. The largest absolute Gasteiger partial charge is 0.484 e. The summed E-state index contributed by atoms with van der Waals surface area (Å²) >= 11 is 5.89. The molecule has 0 radical (unpaired) electrons. The van der Waals surface area contributed by atoms with Crippen LogP contribution in [0.2, 0.25) is 5.02 Å². The standard InChI is InChI=1S/C24H22ClFN4O5S/c1-36(33,34)30(21-7-3-5-19(26)13-21)15-23(31)29-27-14-17-8-10-22(11-9-17)35-16-24(32)28-20-6-2-4-18(25)12-20/h2-14H,15-16H2,1H3,(H,28,32)(H,29,31)/b27-14-. The highest BCUT2D eigenvalue weighted by molar-refractivity contribution is 7.92. The Hall–Kier alpha value is -3.96. The summed E-state index contributed by atoms with van der Waals surface area (Å²) in [6.45, 7) is -0.790. The smallest absolute Gasteiger partial charge is 0.262 e. The molecule has 0 bridgehead atoms. The number of nitrogens with zero attached hydrogens (tertiary/aromatic N) is 2. The summed E-state index contributed by atoms with van der Waals surface area (Å²) in [6, 6.07) is 18.2. The van der Waals surface area contributed by atoms with Crippen LogP contribution in [0.5, 0.6) is 5.75 Å². The summed E-state index contributed by atoms with van der Waals surface area (Å²) in [4.78, 5) is 24.2. The normalized spacial score (nSPS) is 11.2. The molecule has 0 heterocycles. The number of rotatable bonds is 10. The van der Waals surface area contributed by atoms with Crippen molar-refractivity contribution in [3.63, 3.8) is 0 Å². The first-order valence-corrected chi connectivity index (χ1v) is 12.7. The molecule has 0 aromatic heterocycles. The van der Waals surface area contributed by atoms with Gasteiger partial charge in [0.25, 0.3) is 11.8 Å². The van der Waals surface area contributed by atoms with Crippen LogP contribution >= 0.6 is 11.6 Å². The maximum absolute atomic E-state index is 13.5. The Labute approximate surface area is 212 Å². The van der Waals surface area contributed by atoms with E-state index in [4.69, 9.17) is 16.3 Å². The third kappa shape index (κ3) is 8.36. The molecule has 0 saturated heterocycles. The van der Waals surface area contributed by atoms with Gasteiger partial charge in [-0.3, -0.25) is 13.9 Å². The lowest BCUT2D eigenvalue weighted by Crippen LogP contribution is -2.39. The van der Waals surface area contributed by atoms with Gasteiger partial charge in [0.2, 0.25) is 10.0 Å². The number of hydrogen-bond acceptors (Lipinski definition) is 6. The van der Waals surface area contributed by atoms with Crippen molar-refractivity contribution < 1.29 is 27.1 Å². The maximum atomic E-state index is 13.5. The molecule has 0 aliphatic rings. The molecular weight excluding hydrogens is 511 g/mol. The number of hydrogen-bond donors (Lipinski definition) is 2. The first kappa shape index (κ1) is 26.6. The molecule has 36 heavy (non-hydrogen) atoms. The van der Waals surface area contributed by atoms with E-state index >= 15 is 0 Å². The van der Waals surface area contributed by atoms with Crippen molar-refractivity contribution in [2.45, 2.75) is 0 Å². The summed E-state index contributed by atoms with van der Waals surface area (Å²) in [6.07, 6.45) is 2.26. The van der Waals surface area contributed by atoms with E-state index in [-0.39, 0.29) is 18.2 Å². The van der Waals surface area contributed by atoms with Crippen LogP contribution in [-0.4, -0.2) is 45.9 Å². The Morgan fingerprint density at radius 1 is 1.06 bits per heavy atom. The van der Waals surface area contributed by atoms with E-state index < -0.39 is 28.3 Å². The maximum Gasteiger partial charge on any atom is 0.262 e. The van der Waals surface area contributed by atoms with Gasteiger partial charge < -0.3 is 10.1 Å². The van der Waals surface area contributed by atoms with Gasteiger partial charge in [0.15, 0.2) is 6.61 Å². The van der Waals surface area contributed by atoms with E-state index in [1.54, 1.807) is 48.5 Å². The summed E-state index contributed by atoms with van der Waals surface area (Å²) in [5.41, 5.74) is 3.42. The van der Waals surface area contributed by atoms with Crippen molar-refractivity contribution in [2.24, 2.45) is 5.10 Å². The van der Waals surface area contributed by atoms with Crippen molar-refractivity contribution in [1.29, 1.82) is 0 Å². The summed E-state index contributed by atoms with van der Waals surface area (Å²) < 4.78 is 43.8. The van der Waals surface area contributed by atoms with Gasteiger partial charge >= 0.3 is 0 Å². The molecule has 2 amide bonds. The Kier molecular flexibility index (Phi) is 8.98. The van der Waals surface area contributed by atoms with Crippen LogP contribution < -0.4 is 19.8 Å². The number of halogens is 2. The molecular formula is C24H22ClFN4O5S. The van der Waals surface area contributed by atoms with Crippen LogP contribution in [0.1, 0.15) is 5.56 Å². The van der Waals surface area contributed by atoms with E-state index in [2.05, 4.69) is 15.8 Å². The molecule has 3 aromatic rings. The summed E-state index contributed by atoms with van der Waals surface area (Å²) in [7, 11) is -3.84. The second-order valence-corrected chi connectivity index (χ2v) is 9.80. The van der Waals surface area contributed by atoms with Crippen molar-refractivity contribution >= 4 is 51.0 Å². The van der Waals surface area contributed by atoms with Crippen molar-refractivity contribution in [2.75, 3.05) is 29.0 Å². The predicted molar refractivity (Wildman–Crippen MR) is 136 cm³/mol. The fourth-order valence-corrected chi connectivity index (χ4v) is 3.98. The Morgan fingerprint density at radius 3 is 2.44 bits per heavy atom. The number of benzene rings is 3. The van der Waals surface area contributed by atoms with Gasteiger partial charge in [0.05, 0.1) is 18.2 Å². The first-order valence-electron chi connectivity index (χ1n) is 10.4. The topological polar surface area (TPSA) is 117 Å². The van der Waals surface area contributed by atoms with Crippen molar-refractivity contribution in [3.8, 4) is 5.75 Å². The molecule has 2 N–H and O–H groups in total. The molecule has 0 aliphatic carbocycles. The highest BCUT2D eigenvalue weighted by Gasteiger charge is 2.21. The number of sulfonamides is 1. The molecule has 0 spiro atoms. The van der Waals surface area contributed by atoms with E-state index in [1.165, 1.54) is 24.4 Å². The molecule has 3 rings (SSSR count). The van der Waals surface area contributed by atoms with Crippen LogP contribution in [0.15, 0.2) is 77.9 Å². The lowest BCUT2D eigenvalue weighted by atomic mass is 10.2. The van der Waals surface area contributed by atoms with Crippen LogP contribution in [0, 0.1) is 5.82 Å². The predicted octanol–water partition coefficient (Wildman–Crippen LogP) is 3.41. The Bertz CT molecular complexity index is 1370. The molecule has 0 atom stereocenters. The number of ether oxygens (including phenoxy) is 1. The third-order valence-electron chi connectivity index (χ3n) is 4.55. The number of carbonyl (C=O) groups excluding carboxylic acids is 2. The minimum atomic E-state index is -3.84. The lowest BCUT2D eigenvalue weighted by molar-refractivity contribution is -0.119. The van der Waals surface area contributed by atoms with Crippen molar-refractivity contribution in [3.05, 3.63) is 89.2 Å². The molecule has 0 fully saturated rings. The van der Waals surface area contributed by atoms with E-state index in [0.717, 1.165) is 16.6 Å². The second-order valence-electron chi connectivity index (χ2n) is 7.46. The van der Waals surface area contributed by atoms with Gasteiger partial charge in [0.1, 0.15) is 18.1 Å². The number of nitrogens with one attached hydrogen (secondary N) is 2. The van der Waals surface area contributed by atoms with Crippen LogP contribution in [0.4, 0.5) is 15.8 Å². The number of amides is 2. The zero-order valence-electron chi connectivity index (χ0n) is 19.0. The molecule has 188 valence electrons.